The van der Waals surface area contributed by atoms with Crippen molar-refractivity contribution < 1.29 is 0 Å². The molecule has 0 saturated heterocycles. The van der Waals surface area contributed by atoms with Crippen LogP contribution in [-0.4, -0.2) is 4.98 Å². The third-order valence-electron chi connectivity index (χ3n) is 1.94. The van der Waals surface area contributed by atoms with E-state index in [1.54, 1.807) is 24.4 Å². The van der Waals surface area contributed by atoms with Gasteiger partial charge in [-0.25, -0.2) is 4.98 Å². The van der Waals surface area contributed by atoms with E-state index in [1.165, 1.54) is 11.8 Å². The number of para-hydroxylation sites is 1. The highest BCUT2D eigenvalue weighted by Crippen LogP contribution is 2.37. The fourth-order valence-electron chi connectivity index (χ4n) is 1.16. The molecule has 0 saturated carbocycles. The highest BCUT2D eigenvalue weighted by atomic mass is 35.5. The van der Waals surface area contributed by atoms with Crippen molar-refractivity contribution in [2.24, 2.45) is 0 Å². The second kappa shape index (κ2) is 4.95. The van der Waals surface area contributed by atoms with Crippen LogP contribution in [0.5, 0.6) is 0 Å². The molecule has 0 atom stereocenters. The van der Waals surface area contributed by atoms with E-state index in [9.17, 15) is 0 Å². The molecule has 0 amide bonds. The van der Waals surface area contributed by atoms with Crippen molar-refractivity contribution in [3.8, 4) is 0 Å². The van der Waals surface area contributed by atoms with E-state index in [0.29, 0.717) is 15.7 Å². The number of rotatable bonds is 2. The highest BCUT2D eigenvalue weighted by Gasteiger charge is 2.08. The summed E-state index contributed by atoms with van der Waals surface area (Å²) in [5, 5.41) is 1.86. The summed E-state index contributed by atoms with van der Waals surface area (Å²) in [4.78, 5) is 5.03. The van der Waals surface area contributed by atoms with Gasteiger partial charge in [0.25, 0.3) is 0 Å². The molecule has 5 heteroatoms. The summed E-state index contributed by atoms with van der Waals surface area (Å²) in [6.45, 7) is 0. The molecule has 0 fully saturated rings. The van der Waals surface area contributed by atoms with Crippen LogP contribution in [-0.2, 0) is 0 Å². The Morgan fingerprint density at radius 1 is 1.06 bits per heavy atom. The monoisotopic (exact) mass is 270 g/mol. The van der Waals surface area contributed by atoms with Crippen LogP contribution in [0, 0.1) is 0 Å². The lowest BCUT2D eigenvalue weighted by atomic mass is 10.3. The van der Waals surface area contributed by atoms with Crippen LogP contribution < -0.4 is 5.73 Å². The van der Waals surface area contributed by atoms with Crippen LogP contribution in [0.25, 0.3) is 0 Å². The van der Waals surface area contributed by atoms with E-state index in [4.69, 9.17) is 28.9 Å². The first-order valence-corrected chi connectivity index (χ1v) is 6.08. The maximum Gasteiger partial charge on any atom is 0.119 e. The number of benzene rings is 1. The second-order valence-corrected chi connectivity index (χ2v) is 4.89. The van der Waals surface area contributed by atoms with Crippen LogP contribution in [0.3, 0.4) is 0 Å². The zero-order valence-corrected chi connectivity index (χ0v) is 10.5. The fraction of sp³-hybridized carbons (Fsp3) is 0. The Kier molecular flexibility index (Phi) is 3.59. The zero-order valence-electron chi connectivity index (χ0n) is 8.15. The molecule has 2 N–H and O–H groups in total. The molecule has 0 aliphatic heterocycles. The first-order chi connectivity index (χ1) is 7.68. The summed E-state index contributed by atoms with van der Waals surface area (Å²) in [5.74, 6) is 0. The first kappa shape index (κ1) is 11.6. The summed E-state index contributed by atoms with van der Waals surface area (Å²) in [5.41, 5.74) is 6.41. The first-order valence-electron chi connectivity index (χ1n) is 4.51. The summed E-state index contributed by atoms with van der Waals surface area (Å²) >= 11 is 13.3. The summed E-state index contributed by atoms with van der Waals surface area (Å²) in [7, 11) is 0. The normalized spacial score (nSPS) is 10.4. The van der Waals surface area contributed by atoms with Gasteiger partial charge in [-0.3, -0.25) is 0 Å². The van der Waals surface area contributed by atoms with Gasteiger partial charge < -0.3 is 5.73 Å². The lowest BCUT2D eigenvalue weighted by Crippen LogP contribution is -1.90. The molecule has 82 valence electrons. The predicted octanol–water partition coefficient (Wildman–Crippen LogP) is 4.12. The minimum absolute atomic E-state index is 0.539. The van der Waals surface area contributed by atoms with Crippen molar-refractivity contribution in [3.63, 3.8) is 0 Å². The summed E-state index contributed by atoms with van der Waals surface area (Å²) in [6.07, 6.45) is 1.69. The van der Waals surface area contributed by atoms with Gasteiger partial charge in [0.05, 0.1) is 15.7 Å². The number of halogens is 2. The van der Waals surface area contributed by atoms with E-state index in [2.05, 4.69) is 4.98 Å². The van der Waals surface area contributed by atoms with Gasteiger partial charge >= 0.3 is 0 Å². The van der Waals surface area contributed by atoms with E-state index in [0.717, 1.165) is 9.92 Å². The second-order valence-electron chi connectivity index (χ2n) is 3.04. The van der Waals surface area contributed by atoms with E-state index < -0.39 is 0 Å². The minimum Gasteiger partial charge on any atom is -0.397 e. The van der Waals surface area contributed by atoms with E-state index in [-0.39, 0.29) is 0 Å². The number of hydrogen-bond acceptors (Lipinski definition) is 3. The summed E-state index contributed by atoms with van der Waals surface area (Å²) < 4.78 is 0. The number of anilines is 1. The van der Waals surface area contributed by atoms with Gasteiger partial charge in [-0.1, -0.05) is 41.0 Å². The fourth-order valence-corrected chi connectivity index (χ4v) is 2.48. The number of hydrogen-bond donors (Lipinski definition) is 1. The molecule has 1 aromatic carbocycles. The predicted molar refractivity (Wildman–Crippen MR) is 69.2 cm³/mol. The van der Waals surface area contributed by atoms with Gasteiger partial charge in [-0.15, -0.1) is 0 Å². The van der Waals surface area contributed by atoms with Gasteiger partial charge in [0.1, 0.15) is 5.03 Å². The lowest BCUT2D eigenvalue weighted by Gasteiger charge is -2.06. The smallest absolute Gasteiger partial charge is 0.119 e. The molecular formula is C11H8Cl2N2S. The van der Waals surface area contributed by atoms with Crippen LogP contribution in [0.1, 0.15) is 0 Å². The third-order valence-corrected chi connectivity index (χ3v) is 3.79. The van der Waals surface area contributed by atoms with Crippen molar-refractivity contribution >= 4 is 40.7 Å². The number of pyridine rings is 1. The molecule has 0 aliphatic rings. The van der Waals surface area contributed by atoms with Crippen molar-refractivity contribution in [2.75, 3.05) is 5.73 Å². The van der Waals surface area contributed by atoms with Crippen molar-refractivity contribution in [3.05, 3.63) is 46.6 Å². The largest absolute Gasteiger partial charge is 0.397 e. The third kappa shape index (κ3) is 2.43. The Balaban J connectivity index is 2.35. The molecule has 1 heterocycles. The highest BCUT2D eigenvalue weighted by molar-refractivity contribution is 7.99. The Labute approximate surface area is 108 Å². The van der Waals surface area contributed by atoms with Gasteiger partial charge in [0.15, 0.2) is 0 Å². The molecular weight excluding hydrogens is 263 g/mol. The number of nitrogen functional groups attached to an aromatic ring is 1. The quantitative estimate of drug-likeness (QED) is 0.835. The molecule has 0 spiro atoms. The molecule has 0 aliphatic carbocycles. The van der Waals surface area contributed by atoms with Gasteiger partial charge in [-0.2, -0.15) is 0 Å². The average Bonchev–Trinajstić information content (AvgIpc) is 2.28. The maximum atomic E-state index is 6.01. The van der Waals surface area contributed by atoms with Gasteiger partial charge in [0.2, 0.25) is 0 Å². The van der Waals surface area contributed by atoms with Crippen LogP contribution >= 0.6 is 35.0 Å². The molecule has 16 heavy (non-hydrogen) atoms. The maximum absolute atomic E-state index is 6.01. The molecule has 0 unspecified atom stereocenters. The molecule has 2 rings (SSSR count). The minimum atomic E-state index is 0.539. The standard InChI is InChI=1S/C11H8Cl2N2S/c12-7-3-1-5-9(10(7)14)16-11-8(13)4-2-6-15-11/h1-6H,14H2. The van der Waals surface area contributed by atoms with E-state index >= 15 is 0 Å². The Morgan fingerprint density at radius 3 is 2.56 bits per heavy atom. The van der Waals surface area contributed by atoms with E-state index in [1.807, 2.05) is 12.1 Å². The zero-order chi connectivity index (χ0) is 11.5. The van der Waals surface area contributed by atoms with Crippen molar-refractivity contribution in [1.29, 1.82) is 0 Å². The number of nitrogens with two attached hydrogens (primary N) is 1. The SMILES string of the molecule is Nc1c(Cl)cccc1Sc1ncccc1Cl. The number of aromatic nitrogens is 1. The van der Waals surface area contributed by atoms with Gasteiger partial charge in [-0.05, 0) is 24.3 Å². The van der Waals surface area contributed by atoms with Crippen LogP contribution in [0.2, 0.25) is 10.0 Å². The molecule has 2 nitrogen and oxygen atoms in total. The topological polar surface area (TPSA) is 38.9 Å². The Hall–Kier alpha value is -0.900. The molecule has 2 aromatic rings. The Morgan fingerprint density at radius 2 is 1.81 bits per heavy atom. The molecule has 0 radical (unpaired) electrons. The van der Waals surface area contributed by atoms with Crippen LogP contribution in [0.15, 0.2) is 46.5 Å². The molecule has 1 aromatic heterocycles. The Bertz CT molecular complexity index is 517. The molecule has 0 bridgehead atoms. The number of nitrogens with zero attached hydrogens (tertiary/aromatic N) is 1. The van der Waals surface area contributed by atoms with Gasteiger partial charge in [0, 0.05) is 11.1 Å². The average molecular weight is 271 g/mol. The van der Waals surface area contributed by atoms with Crippen molar-refractivity contribution in [1.82, 2.24) is 4.98 Å². The summed E-state index contributed by atoms with van der Waals surface area (Å²) in [6, 6.07) is 9.06. The van der Waals surface area contributed by atoms with Crippen molar-refractivity contribution in [2.45, 2.75) is 9.92 Å². The van der Waals surface area contributed by atoms with Crippen LogP contribution in [0.4, 0.5) is 5.69 Å². The lowest BCUT2D eigenvalue weighted by molar-refractivity contribution is 1.13.